The van der Waals surface area contributed by atoms with Gasteiger partial charge in [0.25, 0.3) is 0 Å². The van der Waals surface area contributed by atoms with E-state index in [9.17, 15) is 0 Å². The van der Waals surface area contributed by atoms with Gasteiger partial charge in [0.1, 0.15) is 17.1 Å². The van der Waals surface area contributed by atoms with E-state index >= 15 is 0 Å². The van der Waals surface area contributed by atoms with Crippen LogP contribution in [-0.2, 0) is 0 Å². The van der Waals surface area contributed by atoms with E-state index in [-0.39, 0.29) is 11.6 Å². The third-order valence-electron chi connectivity index (χ3n) is 4.44. The van der Waals surface area contributed by atoms with Gasteiger partial charge in [0.2, 0.25) is 0 Å². The van der Waals surface area contributed by atoms with Crippen LogP contribution >= 0.6 is 0 Å². The molecule has 0 unspecified atom stereocenters. The van der Waals surface area contributed by atoms with Crippen molar-refractivity contribution in [2.75, 3.05) is 27.2 Å². The molecule has 1 atom stereocenters. The molecular formula is C15H22N2O2. The number of fused-ring (bicyclic) bond motifs is 1. The Morgan fingerprint density at radius 1 is 1.37 bits per heavy atom. The van der Waals surface area contributed by atoms with Crippen molar-refractivity contribution in [3.05, 3.63) is 23.8 Å². The molecular weight excluding hydrogens is 240 g/mol. The zero-order valence-electron chi connectivity index (χ0n) is 11.7. The summed E-state index contributed by atoms with van der Waals surface area (Å²) in [7, 11) is 3.84. The average Bonchev–Trinajstić information content (AvgIpc) is 2.42. The van der Waals surface area contributed by atoms with Crippen molar-refractivity contribution >= 4 is 0 Å². The normalized spacial score (nSPS) is 25.7. The molecule has 4 heteroatoms. The van der Waals surface area contributed by atoms with E-state index in [0.29, 0.717) is 0 Å². The van der Waals surface area contributed by atoms with Gasteiger partial charge in [0.15, 0.2) is 0 Å². The van der Waals surface area contributed by atoms with Gasteiger partial charge in [0, 0.05) is 37.2 Å². The summed E-state index contributed by atoms with van der Waals surface area (Å²) in [4.78, 5) is 2.35. The Hall–Kier alpha value is -1.26. The maximum atomic E-state index is 6.34. The lowest BCUT2D eigenvalue weighted by Crippen LogP contribution is -2.50. The first kappa shape index (κ1) is 12.8. The first-order chi connectivity index (χ1) is 9.12. The summed E-state index contributed by atoms with van der Waals surface area (Å²) in [6, 6.07) is 6.02. The van der Waals surface area contributed by atoms with E-state index in [2.05, 4.69) is 11.9 Å². The second-order valence-electron chi connectivity index (χ2n) is 5.80. The number of ether oxygens (including phenoxy) is 2. The minimum absolute atomic E-state index is 0.0677. The van der Waals surface area contributed by atoms with Gasteiger partial charge in [-0.15, -0.1) is 0 Å². The van der Waals surface area contributed by atoms with Crippen molar-refractivity contribution < 1.29 is 9.47 Å². The molecule has 1 saturated heterocycles. The standard InChI is InChI=1S/C15H22N2O2/c1-17-7-5-15(6-8-17)10-13(16)12-4-3-11(18-2)9-14(12)19-15/h3-4,9,13H,5-8,10,16H2,1-2H3/t13-/m1/s1. The maximum Gasteiger partial charge on any atom is 0.128 e. The number of hydrogen-bond donors (Lipinski definition) is 1. The number of methoxy groups -OCH3 is 1. The van der Waals surface area contributed by atoms with Crippen molar-refractivity contribution in [2.24, 2.45) is 5.73 Å². The Morgan fingerprint density at radius 3 is 2.79 bits per heavy atom. The van der Waals surface area contributed by atoms with Crippen LogP contribution in [0.3, 0.4) is 0 Å². The molecule has 0 radical (unpaired) electrons. The summed E-state index contributed by atoms with van der Waals surface area (Å²) in [6.45, 7) is 2.15. The predicted octanol–water partition coefficient (Wildman–Crippen LogP) is 1.94. The molecule has 1 aromatic carbocycles. The molecule has 1 fully saturated rings. The summed E-state index contributed by atoms with van der Waals surface area (Å²) >= 11 is 0. The van der Waals surface area contributed by atoms with E-state index in [0.717, 1.165) is 49.4 Å². The molecule has 1 spiro atoms. The molecule has 2 aliphatic rings. The molecule has 104 valence electrons. The Morgan fingerprint density at radius 2 is 2.11 bits per heavy atom. The lowest BCUT2D eigenvalue weighted by molar-refractivity contribution is -0.0165. The number of nitrogens with zero attached hydrogens (tertiary/aromatic N) is 1. The fourth-order valence-corrected chi connectivity index (χ4v) is 3.15. The fourth-order valence-electron chi connectivity index (χ4n) is 3.15. The first-order valence-corrected chi connectivity index (χ1v) is 6.93. The van der Waals surface area contributed by atoms with Crippen LogP contribution in [0.15, 0.2) is 18.2 Å². The predicted molar refractivity (Wildman–Crippen MR) is 74.6 cm³/mol. The summed E-state index contributed by atoms with van der Waals surface area (Å²) < 4.78 is 11.6. The van der Waals surface area contributed by atoms with E-state index in [1.807, 2.05) is 18.2 Å². The monoisotopic (exact) mass is 262 g/mol. The zero-order chi connectivity index (χ0) is 13.5. The lowest BCUT2D eigenvalue weighted by Gasteiger charge is -2.45. The Balaban J connectivity index is 1.89. The van der Waals surface area contributed by atoms with Crippen molar-refractivity contribution in [3.63, 3.8) is 0 Å². The zero-order valence-corrected chi connectivity index (χ0v) is 11.7. The molecule has 2 N–H and O–H groups in total. The smallest absolute Gasteiger partial charge is 0.128 e. The molecule has 0 amide bonds. The van der Waals surface area contributed by atoms with Crippen molar-refractivity contribution in [3.8, 4) is 11.5 Å². The Labute approximate surface area is 114 Å². The van der Waals surface area contributed by atoms with Gasteiger partial charge in [-0.3, -0.25) is 0 Å². The third kappa shape index (κ3) is 2.30. The molecule has 3 rings (SSSR count). The fraction of sp³-hybridized carbons (Fsp3) is 0.600. The number of nitrogens with two attached hydrogens (primary N) is 1. The van der Waals surface area contributed by atoms with E-state index < -0.39 is 0 Å². The van der Waals surface area contributed by atoms with Crippen LogP contribution in [0.4, 0.5) is 0 Å². The van der Waals surface area contributed by atoms with E-state index in [4.69, 9.17) is 15.2 Å². The second-order valence-corrected chi connectivity index (χ2v) is 5.80. The van der Waals surface area contributed by atoms with Gasteiger partial charge >= 0.3 is 0 Å². The lowest BCUT2D eigenvalue weighted by atomic mass is 9.81. The van der Waals surface area contributed by atoms with Crippen LogP contribution in [0, 0.1) is 0 Å². The summed E-state index contributed by atoms with van der Waals surface area (Å²) in [6.07, 6.45) is 3.02. The molecule has 2 aliphatic heterocycles. The topological polar surface area (TPSA) is 47.7 Å². The first-order valence-electron chi connectivity index (χ1n) is 6.93. The van der Waals surface area contributed by atoms with Gasteiger partial charge in [-0.2, -0.15) is 0 Å². The van der Waals surface area contributed by atoms with Crippen LogP contribution in [0.2, 0.25) is 0 Å². The molecule has 0 bridgehead atoms. The number of rotatable bonds is 1. The van der Waals surface area contributed by atoms with Crippen LogP contribution < -0.4 is 15.2 Å². The molecule has 4 nitrogen and oxygen atoms in total. The van der Waals surface area contributed by atoms with E-state index in [1.54, 1.807) is 7.11 Å². The molecule has 2 heterocycles. The SMILES string of the molecule is COc1ccc2c(c1)OC1(CCN(C)CC1)C[C@H]2N. The van der Waals surface area contributed by atoms with Gasteiger partial charge < -0.3 is 20.1 Å². The third-order valence-corrected chi connectivity index (χ3v) is 4.44. The number of benzene rings is 1. The molecule has 0 aliphatic carbocycles. The number of likely N-dealkylation sites (tertiary alicyclic amines) is 1. The molecule has 19 heavy (non-hydrogen) atoms. The number of piperidine rings is 1. The Kier molecular flexibility index (Phi) is 3.15. The quantitative estimate of drug-likeness (QED) is 0.840. The highest BCUT2D eigenvalue weighted by molar-refractivity contribution is 5.44. The highest BCUT2D eigenvalue weighted by Crippen LogP contribution is 2.44. The number of hydrogen-bond acceptors (Lipinski definition) is 4. The van der Waals surface area contributed by atoms with Crippen molar-refractivity contribution in [2.45, 2.75) is 30.9 Å². The van der Waals surface area contributed by atoms with E-state index in [1.165, 1.54) is 0 Å². The maximum absolute atomic E-state index is 6.34. The van der Waals surface area contributed by atoms with Crippen LogP contribution in [0.1, 0.15) is 30.9 Å². The Bertz CT molecular complexity index is 467. The highest BCUT2D eigenvalue weighted by Gasteiger charge is 2.41. The van der Waals surface area contributed by atoms with Crippen LogP contribution in [0.5, 0.6) is 11.5 Å². The van der Waals surface area contributed by atoms with Crippen LogP contribution in [0.25, 0.3) is 0 Å². The average molecular weight is 262 g/mol. The molecule has 0 saturated carbocycles. The summed E-state index contributed by atoms with van der Waals surface area (Å²) in [5.41, 5.74) is 7.37. The summed E-state index contributed by atoms with van der Waals surface area (Å²) in [5.74, 6) is 1.73. The van der Waals surface area contributed by atoms with Crippen molar-refractivity contribution in [1.82, 2.24) is 4.90 Å². The second kappa shape index (κ2) is 4.69. The molecule has 0 aromatic heterocycles. The van der Waals surface area contributed by atoms with Gasteiger partial charge in [-0.1, -0.05) is 6.07 Å². The van der Waals surface area contributed by atoms with Gasteiger partial charge in [-0.05, 0) is 26.0 Å². The highest BCUT2D eigenvalue weighted by atomic mass is 16.5. The van der Waals surface area contributed by atoms with Gasteiger partial charge in [0.05, 0.1) is 7.11 Å². The minimum Gasteiger partial charge on any atom is -0.497 e. The molecule has 1 aromatic rings. The minimum atomic E-state index is -0.0781. The summed E-state index contributed by atoms with van der Waals surface area (Å²) in [5, 5.41) is 0. The van der Waals surface area contributed by atoms with Crippen molar-refractivity contribution in [1.29, 1.82) is 0 Å². The van der Waals surface area contributed by atoms with Gasteiger partial charge in [-0.25, -0.2) is 0 Å². The van der Waals surface area contributed by atoms with Crippen LogP contribution in [-0.4, -0.2) is 37.7 Å². The largest absolute Gasteiger partial charge is 0.497 e.